The standard InChI is InChI=1S/C13H16N2O5S2/c1-2-21(16,17)10-20-11-22(18,19)8-7-15-9-14-12-5-3-4-6-13(12)15/h2-6,9H,1,7-8,10-11H2. The van der Waals surface area contributed by atoms with E-state index in [0.717, 1.165) is 16.4 Å². The zero-order valence-corrected chi connectivity index (χ0v) is 13.4. The number of ether oxygens (including phenoxy) is 1. The van der Waals surface area contributed by atoms with Gasteiger partial charge in [0.05, 0.1) is 23.1 Å². The van der Waals surface area contributed by atoms with E-state index in [0.29, 0.717) is 0 Å². The molecule has 7 nitrogen and oxygen atoms in total. The first kappa shape index (κ1) is 16.7. The monoisotopic (exact) mass is 344 g/mol. The number of sulfone groups is 2. The molecule has 0 aliphatic carbocycles. The number of nitrogens with zero attached hydrogens (tertiary/aromatic N) is 2. The molecule has 0 aliphatic heterocycles. The van der Waals surface area contributed by atoms with Gasteiger partial charge in [0.1, 0.15) is 5.94 Å². The Morgan fingerprint density at radius 1 is 1.18 bits per heavy atom. The third-order valence-corrected chi connectivity index (χ3v) is 5.27. The van der Waals surface area contributed by atoms with Gasteiger partial charge in [-0.2, -0.15) is 0 Å². The second-order valence-corrected chi connectivity index (χ2v) is 8.67. The molecule has 1 aromatic heterocycles. The predicted molar refractivity (Wildman–Crippen MR) is 83.5 cm³/mol. The second-order valence-electron chi connectivity index (χ2n) is 4.64. The lowest BCUT2D eigenvalue weighted by Gasteiger charge is -2.07. The smallest absolute Gasteiger partial charge is 0.195 e. The molecule has 1 heterocycles. The van der Waals surface area contributed by atoms with Gasteiger partial charge in [-0.1, -0.05) is 18.7 Å². The average molecular weight is 344 g/mol. The average Bonchev–Trinajstić information content (AvgIpc) is 2.88. The molecule has 0 aliphatic rings. The molecular formula is C13H16N2O5S2. The minimum atomic E-state index is -3.57. The topological polar surface area (TPSA) is 95.3 Å². The largest absolute Gasteiger partial charge is 0.349 e. The fourth-order valence-electron chi connectivity index (χ4n) is 1.81. The zero-order valence-electron chi connectivity index (χ0n) is 11.8. The van der Waals surface area contributed by atoms with Crippen LogP contribution in [0.2, 0.25) is 0 Å². The Kier molecular flexibility index (Phi) is 4.99. The number of aryl methyl sites for hydroxylation is 1. The van der Waals surface area contributed by atoms with E-state index < -0.39 is 31.6 Å². The molecule has 2 aromatic rings. The first-order valence-electron chi connectivity index (χ1n) is 6.36. The van der Waals surface area contributed by atoms with Gasteiger partial charge in [0.25, 0.3) is 0 Å². The van der Waals surface area contributed by atoms with Gasteiger partial charge >= 0.3 is 0 Å². The predicted octanol–water partition coefficient (Wildman–Crippen LogP) is 0.941. The summed E-state index contributed by atoms with van der Waals surface area (Å²) in [5.74, 6) is -1.50. The lowest BCUT2D eigenvalue weighted by molar-refractivity contribution is 0.225. The zero-order chi connectivity index (χ0) is 16.2. The highest BCUT2D eigenvalue weighted by Gasteiger charge is 2.14. The summed E-state index contributed by atoms with van der Waals surface area (Å²) in [6.07, 6.45) is 1.57. The van der Waals surface area contributed by atoms with Gasteiger partial charge in [0, 0.05) is 12.0 Å². The highest BCUT2D eigenvalue weighted by atomic mass is 32.2. The van der Waals surface area contributed by atoms with E-state index in [9.17, 15) is 16.8 Å². The molecule has 2 rings (SSSR count). The number of para-hydroxylation sites is 2. The van der Waals surface area contributed by atoms with Gasteiger partial charge in [-0.25, -0.2) is 21.8 Å². The summed E-state index contributed by atoms with van der Waals surface area (Å²) in [6, 6.07) is 7.38. The Morgan fingerprint density at radius 3 is 2.64 bits per heavy atom. The van der Waals surface area contributed by atoms with E-state index in [4.69, 9.17) is 4.74 Å². The van der Waals surface area contributed by atoms with Gasteiger partial charge in [0.15, 0.2) is 25.6 Å². The molecule has 0 saturated carbocycles. The third kappa shape index (κ3) is 4.39. The molecule has 0 bridgehead atoms. The van der Waals surface area contributed by atoms with Crippen LogP contribution in [0.1, 0.15) is 0 Å². The Balaban J connectivity index is 1.94. The summed E-state index contributed by atoms with van der Waals surface area (Å²) in [7, 11) is -7.09. The number of fused-ring (bicyclic) bond motifs is 1. The highest BCUT2D eigenvalue weighted by molar-refractivity contribution is 7.94. The van der Waals surface area contributed by atoms with Gasteiger partial charge in [0.2, 0.25) is 0 Å². The van der Waals surface area contributed by atoms with Crippen molar-refractivity contribution in [1.29, 1.82) is 0 Å². The van der Waals surface area contributed by atoms with Crippen LogP contribution in [0.4, 0.5) is 0 Å². The van der Waals surface area contributed by atoms with Gasteiger partial charge in [-0.3, -0.25) is 0 Å². The Labute approximate surface area is 129 Å². The van der Waals surface area contributed by atoms with Crippen LogP contribution in [0.3, 0.4) is 0 Å². The van der Waals surface area contributed by atoms with Crippen LogP contribution in [0.25, 0.3) is 11.0 Å². The Hall–Kier alpha value is -1.71. The van der Waals surface area contributed by atoms with E-state index in [2.05, 4.69) is 11.6 Å². The number of aromatic nitrogens is 2. The van der Waals surface area contributed by atoms with Crippen molar-refractivity contribution in [3.05, 3.63) is 42.6 Å². The summed E-state index contributed by atoms with van der Waals surface area (Å²) >= 11 is 0. The van der Waals surface area contributed by atoms with E-state index in [1.54, 1.807) is 10.9 Å². The first-order valence-corrected chi connectivity index (χ1v) is 9.90. The molecule has 0 amide bonds. The summed E-state index contributed by atoms with van der Waals surface area (Å²) in [5, 5.41) is 0.733. The van der Waals surface area contributed by atoms with Crippen molar-refractivity contribution in [1.82, 2.24) is 9.55 Å². The molecule has 22 heavy (non-hydrogen) atoms. The fraction of sp³-hybridized carbons (Fsp3) is 0.308. The van der Waals surface area contributed by atoms with Crippen molar-refractivity contribution < 1.29 is 21.6 Å². The van der Waals surface area contributed by atoms with Crippen LogP contribution in [0, 0.1) is 0 Å². The molecule has 0 fully saturated rings. The lowest BCUT2D eigenvalue weighted by Crippen LogP contribution is -2.19. The fourth-order valence-corrected chi connectivity index (χ4v) is 3.26. The minimum absolute atomic E-state index is 0.165. The van der Waals surface area contributed by atoms with Gasteiger partial charge in [-0.05, 0) is 12.1 Å². The van der Waals surface area contributed by atoms with Crippen LogP contribution in [-0.2, 0) is 31.0 Å². The van der Waals surface area contributed by atoms with E-state index >= 15 is 0 Å². The third-order valence-electron chi connectivity index (χ3n) is 2.93. The van der Waals surface area contributed by atoms with E-state index in [1.807, 2.05) is 24.3 Å². The number of hydrogen-bond acceptors (Lipinski definition) is 6. The first-order chi connectivity index (χ1) is 10.3. The molecule has 0 atom stereocenters. The van der Waals surface area contributed by atoms with Crippen LogP contribution in [0.5, 0.6) is 0 Å². The molecule has 9 heteroatoms. The maximum absolute atomic E-state index is 11.9. The lowest BCUT2D eigenvalue weighted by atomic mass is 10.3. The van der Waals surface area contributed by atoms with E-state index in [-0.39, 0.29) is 12.3 Å². The second kappa shape index (κ2) is 6.59. The molecule has 120 valence electrons. The number of hydrogen-bond donors (Lipinski definition) is 0. The number of imidazole rings is 1. The van der Waals surface area contributed by atoms with Gasteiger partial charge in [-0.15, -0.1) is 0 Å². The van der Waals surface area contributed by atoms with Gasteiger partial charge < -0.3 is 9.30 Å². The summed E-state index contributed by atoms with van der Waals surface area (Å²) < 4.78 is 52.4. The van der Waals surface area contributed by atoms with Crippen molar-refractivity contribution in [3.63, 3.8) is 0 Å². The van der Waals surface area contributed by atoms with E-state index in [1.165, 1.54) is 0 Å². The van der Waals surface area contributed by atoms with Crippen molar-refractivity contribution in [2.45, 2.75) is 6.54 Å². The molecule has 0 saturated heterocycles. The maximum Gasteiger partial charge on any atom is 0.195 e. The number of benzene rings is 1. The molecule has 0 N–H and O–H groups in total. The Bertz CT molecular complexity index is 869. The SMILES string of the molecule is C=CS(=O)(=O)COCS(=O)(=O)CCn1cnc2ccccc21. The molecule has 0 spiro atoms. The molecule has 0 unspecified atom stereocenters. The Morgan fingerprint density at radius 2 is 1.91 bits per heavy atom. The van der Waals surface area contributed by atoms with Crippen molar-refractivity contribution >= 4 is 30.7 Å². The molecular weight excluding hydrogens is 328 g/mol. The van der Waals surface area contributed by atoms with Crippen LogP contribution >= 0.6 is 0 Å². The normalized spacial score (nSPS) is 12.5. The van der Waals surface area contributed by atoms with Crippen molar-refractivity contribution in [2.75, 3.05) is 17.6 Å². The van der Waals surface area contributed by atoms with Crippen LogP contribution in [-0.4, -0.2) is 44.0 Å². The minimum Gasteiger partial charge on any atom is -0.349 e. The summed E-state index contributed by atoms with van der Waals surface area (Å²) in [4.78, 5) is 4.17. The molecule has 0 radical (unpaired) electrons. The quantitative estimate of drug-likeness (QED) is 0.707. The summed E-state index contributed by atoms with van der Waals surface area (Å²) in [5.41, 5.74) is 1.63. The maximum atomic E-state index is 11.9. The van der Waals surface area contributed by atoms with Crippen molar-refractivity contribution in [3.8, 4) is 0 Å². The van der Waals surface area contributed by atoms with Crippen LogP contribution < -0.4 is 0 Å². The van der Waals surface area contributed by atoms with Crippen LogP contribution in [0.15, 0.2) is 42.6 Å². The number of rotatable bonds is 8. The summed E-state index contributed by atoms with van der Waals surface area (Å²) in [6.45, 7) is 3.34. The van der Waals surface area contributed by atoms with Crippen molar-refractivity contribution in [2.24, 2.45) is 0 Å². The molecule has 1 aromatic carbocycles. The highest BCUT2D eigenvalue weighted by Crippen LogP contribution is 2.12.